The summed E-state index contributed by atoms with van der Waals surface area (Å²) < 4.78 is 32.7. The van der Waals surface area contributed by atoms with E-state index in [2.05, 4.69) is 9.71 Å². The molecule has 0 amide bonds. The van der Waals surface area contributed by atoms with Crippen LogP contribution >= 0.6 is 11.3 Å². The Morgan fingerprint density at radius 3 is 2.71 bits per heavy atom. The van der Waals surface area contributed by atoms with Crippen molar-refractivity contribution in [1.29, 1.82) is 0 Å². The molecule has 0 spiro atoms. The van der Waals surface area contributed by atoms with Gasteiger partial charge < -0.3 is 4.74 Å². The van der Waals surface area contributed by atoms with Crippen molar-refractivity contribution in [3.8, 4) is 0 Å². The Bertz CT molecular complexity index is 664. The molecule has 116 valence electrons. The maximum Gasteiger partial charge on any atom is 0.214 e. The van der Waals surface area contributed by atoms with Gasteiger partial charge in [-0.2, -0.15) is 0 Å². The summed E-state index contributed by atoms with van der Waals surface area (Å²) in [6.07, 6.45) is 0.261. The molecule has 2 unspecified atom stereocenters. The third kappa shape index (κ3) is 4.74. The summed E-state index contributed by atoms with van der Waals surface area (Å²) in [4.78, 5) is 4.52. The van der Waals surface area contributed by atoms with Crippen molar-refractivity contribution in [3.05, 3.63) is 29.3 Å². The molecular formula is C14H20N2O3S2. The number of nitrogens with zero attached hydrogens (tertiary/aromatic N) is 1. The molecule has 2 aromatic rings. The Labute approximate surface area is 129 Å². The van der Waals surface area contributed by atoms with Crippen LogP contribution in [0, 0.1) is 0 Å². The van der Waals surface area contributed by atoms with Crippen molar-refractivity contribution in [2.45, 2.75) is 32.4 Å². The first-order valence-corrected chi connectivity index (χ1v) is 9.24. The third-order valence-electron chi connectivity index (χ3n) is 3.06. The molecule has 1 aromatic heterocycles. The van der Waals surface area contributed by atoms with Gasteiger partial charge in [0, 0.05) is 19.6 Å². The highest BCUT2D eigenvalue weighted by atomic mass is 32.2. The number of thiazole rings is 1. The zero-order chi connectivity index (χ0) is 15.5. The van der Waals surface area contributed by atoms with Crippen LogP contribution in [-0.4, -0.2) is 38.4 Å². The van der Waals surface area contributed by atoms with Gasteiger partial charge in [-0.25, -0.2) is 18.1 Å². The molecule has 0 fully saturated rings. The topological polar surface area (TPSA) is 68.3 Å². The number of hydrogen-bond acceptors (Lipinski definition) is 5. The normalized spacial score (nSPS) is 15.2. The van der Waals surface area contributed by atoms with E-state index in [0.29, 0.717) is 6.42 Å². The molecule has 1 N–H and O–H groups in total. The monoisotopic (exact) mass is 328 g/mol. The summed E-state index contributed by atoms with van der Waals surface area (Å²) in [6.45, 7) is 3.58. The second kappa shape index (κ2) is 6.83. The van der Waals surface area contributed by atoms with Crippen LogP contribution in [0.5, 0.6) is 0 Å². The average Bonchev–Trinajstić information content (AvgIpc) is 2.78. The summed E-state index contributed by atoms with van der Waals surface area (Å²) >= 11 is 1.60. The Morgan fingerprint density at radius 2 is 2.05 bits per heavy atom. The van der Waals surface area contributed by atoms with Crippen LogP contribution < -0.4 is 4.72 Å². The van der Waals surface area contributed by atoms with Crippen molar-refractivity contribution in [2.75, 3.05) is 12.9 Å². The maximum absolute atomic E-state index is 12.0. The first kappa shape index (κ1) is 16.4. The molecule has 0 aliphatic heterocycles. The van der Waals surface area contributed by atoms with E-state index in [1.807, 2.05) is 31.2 Å². The lowest BCUT2D eigenvalue weighted by molar-refractivity contribution is 0.136. The van der Waals surface area contributed by atoms with Gasteiger partial charge in [-0.05, 0) is 26.0 Å². The maximum atomic E-state index is 12.0. The summed E-state index contributed by atoms with van der Waals surface area (Å²) in [5.74, 6) is -0.0340. The molecule has 1 heterocycles. The average molecular weight is 328 g/mol. The smallest absolute Gasteiger partial charge is 0.214 e. The molecule has 0 bridgehead atoms. The molecule has 0 aliphatic carbocycles. The fourth-order valence-corrected chi connectivity index (χ4v) is 4.69. The van der Waals surface area contributed by atoms with Gasteiger partial charge in [-0.3, -0.25) is 0 Å². The van der Waals surface area contributed by atoms with E-state index in [1.54, 1.807) is 18.3 Å². The Balaban J connectivity index is 1.99. The minimum atomic E-state index is -3.34. The number of ether oxygens (including phenoxy) is 1. The first-order chi connectivity index (χ1) is 9.89. The van der Waals surface area contributed by atoms with E-state index in [9.17, 15) is 8.42 Å². The molecule has 0 radical (unpaired) electrons. The number of rotatable bonds is 7. The minimum Gasteiger partial charge on any atom is -0.381 e. The number of hydrogen-bond donors (Lipinski definition) is 1. The third-order valence-corrected chi connectivity index (χ3v) is 5.78. The summed E-state index contributed by atoms with van der Waals surface area (Å²) in [5.41, 5.74) is 0.959. The summed E-state index contributed by atoms with van der Waals surface area (Å²) in [7, 11) is -1.84. The summed E-state index contributed by atoms with van der Waals surface area (Å²) in [5, 5.41) is 0.936. The Hall–Kier alpha value is -1.02. The van der Waals surface area contributed by atoms with Crippen LogP contribution in [0.25, 0.3) is 10.2 Å². The van der Waals surface area contributed by atoms with Gasteiger partial charge in [0.2, 0.25) is 10.0 Å². The van der Waals surface area contributed by atoms with E-state index in [4.69, 9.17) is 4.74 Å². The predicted octanol–water partition coefficient (Wildman–Crippen LogP) is 2.18. The largest absolute Gasteiger partial charge is 0.381 e. The quantitative estimate of drug-likeness (QED) is 0.846. The lowest BCUT2D eigenvalue weighted by Gasteiger charge is -2.15. The summed E-state index contributed by atoms with van der Waals surface area (Å²) in [6, 6.07) is 7.71. The van der Waals surface area contributed by atoms with Crippen LogP contribution in [-0.2, 0) is 21.2 Å². The van der Waals surface area contributed by atoms with E-state index in [1.165, 1.54) is 7.11 Å². The Kier molecular flexibility index (Phi) is 5.32. The van der Waals surface area contributed by atoms with Gasteiger partial charge >= 0.3 is 0 Å². The first-order valence-electron chi connectivity index (χ1n) is 6.77. The Morgan fingerprint density at radius 1 is 1.33 bits per heavy atom. The standard InChI is InChI=1S/C14H20N2O3S2/c1-10(16-21(17,18)9-11(2)19-3)8-14-15-12-6-4-5-7-13(12)20-14/h4-7,10-11,16H,8-9H2,1-3H3. The van der Waals surface area contributed by atoms with Crippen LogP contribution in [0.1, 0.15) is 18.9 Å². The van der Waals surface area contributed by atoms with Crippen molar-refractivity contribution in [3.63, 3.8) is 0 Å². The van der Waals surface area contributed by atoms with Crippen molar-refractivity contribution in [2.24, 2.45) is 0 Å². The highest BCUT2D eigenvalue weighted by Crippen LogP contribution is 2.22. The molecule has 0 saturated heterocycles. The second-order valence-corrected chi connectivity index (χ2v) is 8.04. The van der Waals surface area contributed by atoms with E-state index in [0.717, 1.165) is 15.2 Å². The fourth-order valence-electron chi connectivity index (χ4n) is 2.04. The van der Waals surface area contributed by atoms with Gasteiger partial charge in [0.1, 0.15) is 0 Å². The highest BCUT2D eigenvalue weighted by Gasteiger charge is 2.19. The predicted molar refractivity (Wildman–Crippen MR) is 86.2 cm³/mol. The molecule has 2 rings (SSSR count). The zero-order valence-electron chi connectivity index (χ0n) is 12.4. The van der Waals surface area contributed by atoms with Crippen molar-refractivity contribution >= 4 is 31.6 Å². The molecule has 2 atom stereocenters. The number of methoxy groups -OCH3 is 1. The number of sulfonamides is 1. The van der Waals surface area contributed by atoms with Gasteiger partial charge in [0.15, 0.2) is 0 Å². The van der Waals surface area contributed by atoms with Gasteiger partial charge in [0.25, 0.3) is 0 Å². The zero-order valence-corrected chi connectivity index (χ0v) is 14.0. The molecule has 21 heavy (non-hydrogen) atoms. The molecule has 0 saturated carbocycles. The molecule has 0 aliphatic rings. The number of fused-ring (bicyclic) bond motifs is 1. The fraction of sp³-hybridized carbons (Fsp3) is 0.500. The number of para-hydroxylation sites is 1. The van der Waals surface area contributed by atoms with Crippen molar-refractivity contribution < 1.29 is 13.2 Å². The number of aromatic nitrogens is 1. The lowest BCUT2D eigenvalue weighted by Crippen LogP contribution is -2.38. The van der Waals surface area contributed by atoms with E-state index >= 15 is 0 Å². The van der Waals surface area contributed by atoms with Gasteiger partial charge in [-0.15, -0.1) is 11.3 Å². The number of benzene rings is 1. The molecule has 1 aromatic carbocycles. The van der Waals surface area contributed by atoms with Crippen LogP contribution in [0.4, 0.5) is 0 Å². The minimum absolute atomic E-state index is 0.0340. The molecule has 5 nitrogen and oxygen atoms in total. The van der Waals surface area contributed by atoms with E-state index in [-0.39, 0.29) is 17.9 Å². The SMILES string of the molecule is COC(C)CS(=O)(=O)NC(C)Cc1nc2ccccc2s1. The van der Waals surface area contributed by atoms with Gasteiger partial charge in [-0.1, -0.05) is 12.1 Å². The van der Waals surface area contributed by atoms with Crippen LogP contribution in [0.3, 0.4) is 0 Å². The molecule has 7 heteroatoms. The highest BCUT2D eigenvalue weighted by molar-refractivity contribution is 7.89. The number of nitrogens with one attached hydrogen (secondary N) is 1. The van der Waals surface area contributed by atoms with Crippen LogP contribution in [0.2, 0.25) is 0 Å². The lowest BCUT2D eigenvalue weighted by atomic mass is 10.3. The van der Waals surface area contributed by atoms with Crippen LogP contribution in [0.15, 0.2) is 24.3 Å². The van der Waals surface area contributed by atoms with Gasteiger partial charge in [0.05, 0.1) is 27.1 Å². The molecular weight excluding hydrogens is 308 g/mol. The second-order valence-electron chi connectivity index (χ2n) is 5.13. The van der Waals surface area contributed by atoms with E-state index < -0.39 is 10.0 Å². The van der Waals surface area contributed by atoms with Crippen molar-refractivity contribution in [1.82, 2.24) is 9.71 Å².